The number of amides is 1. The van der Waals surface area contributed by atoms with Crippen LogP contribution in [0.2, 0.25) is 0 Å². The minimum absolute atomic E-state index is 0.0270. The number of hydrogen-bond acceptors (Lipinski definition) is 5. The van der Waals surface area contributed by atoms with Gasteiger partial charge < -0.3 is 14.6 Å². The summed E-state index contributed by atoms with van der Waals surface area (Å²) < 4.78 is 4.49. The van der Waals surface area contributed by atoms with Crippen molar-refractivity contribution in [3.8, 4) is 0 Å². The lowest BCUT2D eigenvalue weighted by molar-refractivity contribution is -0.141. The van der Waals surface area contributed by atoms with Crippen molar-refractivity contribution in [2.24, 2.45) is 0 Å². The van der Waals surface area contributed by atoms with Crippen LogP contribution in [0.15, 0.2) is 4.79 Å². The number of rotatable bonds is 4. The number of nitrogens with zero attached hydrogens (tertiary/aromatic N) is 2. The number of esters is 1. The lowest BCUT2D eigenvalue weighted by Gasteiger charge is -2.16. The largest absolute Gasteiger partial charge is 0.468 e. The molecular weight excluding hydrogens is 262 g/mol. The Bertz CT molecular complexity index is 604. The van der Waals surface area contributed by atoms with Gasteiger partial charge >= 0.3 is 5.97 Å². The number of nitrogens with one attached hydrogen (secondary N) is 1. The van der Waals surface area contributed by atoms with E-state index in [1.54, 1.807) is 6.92 Å². The summed E-state index contributed by atoms with van der Waals surface area (Å²) in [5.74, 6) is -0.139. The Labute approximate surface area is 116 Å². The third-order valence-corrected chi connectivity index (χ3v) is 3.24. The molecule has 7 heteroatoms. The molecule has 1 N–H and O–H groups in total. The topological polar surface area (TPSA) is 92.4 Å². The summed E-state index contributed by atoms with van der Waals surface area (Å²) in [6.45, 7) is 1.42. The lowest BCUT2D eigenvalue weighted by atomic mass is 10.2. The molecule has 2 rings (SSSR count). The lowest BCUT2D eigenvalue weighted by Crippen LogP contribution is -2.37. The number of carbonyl (C=O) groups is 2. The molecule has 108 valence electrons. The molecule has 1 aliphatic carbocycles. The van der Waals surface area contributed by atoms with Crippen LogP contribution >= 0.6 is 0 Å². The van der Waals surface area contributed by atoms with Gasteiger partial charge in [-0.1, -0.05) is 0 Å². The second-order valence-corrected chi connectivity index (χ2v) is 4.92. The zero-order chi connectivity index (χ0) is 14.9. The fraction of sp³-hybridized carbons (Fsp3) is 0.538. The van der Waals surface area contributed by atoms with Crippen LogP contribution in [-0.2, 0) is 9.53 Å². The van der Waals surface area contributed by atoms with Crippen LogP contribution in [0.1, 0.15) is 40.6 Å². The molecular formula is C13H17N3O4. The summed E-state index contributed by atoms with van der Waals surface area (Å²) in [6, 6.07) is 0. The maximum atomic E-state index is 12.2. The van der Waals surface area contributed by atoms with Crippen molar-refractivity contribution < 1.29 is 14.3 Å². The Morgan fingerprint density at radius 2 is 2.10 bits per heavy atom. The summed E-state index contributed by atoms with van der Waals surface area (Å²) in [7, 11) is 2.68. The molecule has 0 atom stereocenters. The molecule has 7 nitrogen and oxygen atoms in total. The molecule has 1 aliphatic rings. The van der Waals surface area contributed by atoms with Gasteiger partial charge in [-0.25, -0.2) is 4.98 Å². The summed E-state index contributed by atoms with van der Waals surface area (Å²) in [4.78, 5) is 43.5. The molecule has 1 fully saturated rings. The van der Waals surface area contributed by atoms with Gasteiger partial charge in [-0.2, -0.15) is 0 Å². The van der Waals surface area contributed by atoms with E-state index in [-0.39, 0.29) is 12.1 Å². The van der Waals surface area contributed by atoms with Gasteiger partial charge in [0.05, 0.1) is 12.8 Å². The normalized spacial score (nSPS) is 13.9. The average Bonchev–Trinajstić information content (AvgIpc) is 3.21. The quantitative estimate of drug-likeness (QED) is 0.795. The summed E-state index contributed by atoms with van der Waals surface area (Å²) in [6.07, 6.45) is 2.02. The van der Waals surface area contributed by atoms with Gasteiger partial charge in [0.15, 0.2) is 0 Å². The Morgan fingerprint density at radius 1 is 1.45 bits per heavy atom. The predicted molar refractivity (Wildman–Crippen MR) is 70.5 cm³/mol. The Morgan fingerprint density at radius 3 is 2.60 bits per heavy atom. The summed E-state index contributed by atoms with van der Waals surface area (Å²) in [5.41, 5.74) is -0.0979. The van der Waals surface area contributed by atoms with Crippen molar-refractivity contribution in [1.82, 2.24) is 14.9 Å². The Hall–Kier alpha value is -2.18. The molecule has 0 radical (unpaired) electrons. The fourth-order valence-corrected chi connectivity index (χ4v) is 1.93. The van der Waals surface area contributed by atoms with Gasteiger partial charge in [0, 0.05) is 13.0 Å². The van der Waals surface area contributed by atoms with Gasteiger partial charge in [0.25, 0.3) is 11.5 Å². The zero-order valence-corrected chi connectivity index (χ0v) is 11.7. The molecule has 1 aromatic heterocycles. The van der Waals surface area contributed by atoms with Gasteiger partial charge in [0.2, 0.25) is 0 Å². The number of aryl methyl sites for hydroxylation is 1. The van der Waals surface area contributed by atoms with Gasteiger partial charge in [-0.15, -0.1) is 0 Å². The molecule has 1 aromatic rings. The number of likely N-dealkylation sites (N-methyl/N-ethyl adjacent to an activating group) is 1. The van der Waals surface area contributed by atoms with Gasteiger partial charge in [-0.05, 0) is 19.8 Å². The minimum Gasteiger partial charge on any atom is -0.468 e. The SMILES string of the molecule is COC(=O)CN(C)C(=O)c1c(C)nc(C2CC2)[nH]c1=O. The van der Waals surface area contributed by atoms with E-state index in [4.69, 9.17) is 0 Å². The number of aromatic nitrogens is 2. The van der Waals surface area contributed by atoms with E-state index < -0.39 is 17.4 Å². The summed E-state index contributed by atoms with van der Waals surface area (Å²) >= 11 is 0. The maximum Gasteiger partial charge on any atom is 0.325 e. The summed E-state index contributed by atoms with van der Waals surface area (Å²) in [5, 5.41) is 0. The van der Waals surface area contributed by atoms with E-state index in [1.807, 2.05) is 0 Å². The van der Waals surface area contributed by atoms with E-state index in [0.717, 1.165) is 17.7 Å². The number of aromatic amines is 1. The number of methoxy groups -OCH3 is 1. The standard InChI is InChI=1S/C13H17N3O4/c1-7-10(13(19)16(2)6-9(17)20-3)12(18)15-11(14-7)8-4-5-8/h8H,4-6H2,1-3H3,(H,14,15,18). The van der Waals surface area contributed by atoms with Crippen molar-refractivity contribution in [2.75, 3.05) is 20.7 Å². The monoisotopic (exact) mass is 279 g/mol. The van der Waals surface area contributed by atoms with Crippen molar-refractivity contribution >= 4 is 11.9 Å². The van der Waals surface area contributed by atoms with E-state index in [2.05, 4.69) is 14.7 Å². The molecule has 0 aliphatic heterocycles. The maximum absolute atomic E-state index is 12.2. The van der Waals surface area contributed by atoms with Gasteiger partial charge in [-0.3, -0.25) is 14.4 Å². The van der Waals surface area contributed by atoms with Crippen LogP contribution in [0.5, 0.6) is 0 Å². The number of carbonyl (C=O) groups excluding carboxylic acids is 2. The first kappa shape index (κ1) is 14.2. The van der Waals surface area contributed by atoms with Crippen LogP contribution in [-0.4, -0.2) is 47.4 Å². The van der Waals surface area contributed by atoms with Crippen LogP contribution in [0.4, 0.5) is 0 Å². The molecule has 1 saturated carbocycles. The smallest absolute Gasteiger partial charge is 0.325 e. The highest BCUT2D eigenvalue weighted by atomic mass is 16.5. The third kappa shape index (κ3) is 2.87. The molecule has 0 bridgehead atoms. The van der Waals surface area contributed by atoms with E-state index in [0.29, 0.717) is 17.4 Å². The van der Waals surface area contributed by atoms with Crippen LogP contribution in [0.25, 0.3) is 0 Å². The first-order valence-electron chi connectivity index (χ1n) is 6.37. The second kappa shape index (κ2) is 5.44. The number of H-pyrrole nitrogens is 1. The molecule has 1 amide bonds. The predicted octanol–water partition coefficient (Wildman–Crippen LogP) is 0.201. The van der Waals surface area contributed by atoms with Crippen molar-refractivity contribution in [1.29, 1.82) is 0 Å². The van der Waals surface area contributed by atoms with Crippen LogP contribution < -0.4 is 5.56 Å². The molecule has 0 saturated heterocycles. The highest BCUT2D eigenvalue weighted by Crippen LogP contribution is 2.37. The zero-order valence-electron chi connectivity index (χ0n) is 11.7. The molecule has 1 heterocycles. The second-order valence-electron chi connectivity index (χ2n) is 4.92. The van der Waals surface area contributed by atoms with Crippen molar-refractivity contribution in [3.63, 3.8) is 0 Å². The van der Waals surface area contributed by atoms with Crippen LogP contribution in [0.3, 0.4) is 0 Å². The van der Waals surface area contributed by atoms with E-state index in [9.17, 15) is 14.4 Å². The van der Waals surface area contributed by atoms with Crippen LogP contribution in [0, 0.1) is 6.92 Å². The van der Waals surface area contributed by atoms with Crippen molar-refractivity contribution in [3.05, 3.63) is 27.4 Å². The Kier molecular flexibility index (Phi) is 3.87. The molecule has 20 heavy (non-hydrogen) atoms. The fourth-order valence-electron chi connectivity index (χ4n) is 1.93. The van der Waals surface area contributed by atoms with Gasteiger partial charge in [0.1, 0.15) is 17.9 Å². The highest BCUT2D eigenvalue weighted by molar-refractivity contribution is 5.96. The third-order valence-electron chi connectivity index (χ3n) is 3.24. The molecule has 0 spiro atoms. The van der Waals surface area contributed by atoms with E-state index >= 15 is 0 Å². The van der Waals surface area contributed by atoms with E-state index in [1.165, 1.54) is 14.2 Å². The number of ether oxygens (including phenoxy) is 1. The average molecular weight is 279 g/mol. The minimum atomic E-state index is -0.544. The van der Waals surface area contributed by atoms with Crippen molar-refractivity contribution in [2.45, 2.75) is 25.7 Å². The first-order chi connectivity index (χ1) is 9.43. The first-order valence-corrected chi connectivity index (χ1v) is 6.37. The molecule has 0 unspecified atom stereocenters. The Balaban J connectivity index is 2.25. The number of hydrogen-bond donors (Lipinski definition) is 1. The molecule has 0 aromatic carbocycles. The highest BCUT2D eigenvalue weighted by Gasteiger charge is 2.28.